The van der Waals surface area contributed by atoms with Crippen LogP contribution >= 0.6 is 0 Å². The molecule has 4 rings (SSSR count). The van der Waals surface area contributed by atoms with Gasteiger partial charge in [0.2, 0.25) is 10.0 Å². The van der Waals surface area contributed by atoms with E-state index in [1.807, 2.05) is 16.9 Å². The number of sulfonamides is 1. The summed E-state index contributed by atoms with van der Waals surface area (Å²) in [6.07, 6.45) is 8.21. The van der Waals surface area contributed by atoms with Crippen molar-refractivity contribution >= 4 is 22.0 Å². The maximum atomic E-state index is 11.7. The van der Waals surface area contributed by atoms with Crippen LogP contribution in [-0.2, 0) is 21.4 Å². The molecular formula is C27H34N2O3S. The van der Waals surface area contributed by atoms with E-state index >= 15 is 0 Å². The van der Waals surface area contributed by atoms with Gasteiger partial charge in [-0.15, -0.1) is 0 Å². The normalized spacial score (nSPS) is 21.8. The van der Waals surface area contributed by atoms with E-state index in [2.05, 4.69) is 47.4 Å². The SMILES string of the molecule is CCS(=O)(=O)NC(=O)/C=C/c1ccc(CN2CCC(C[C@@H]3CC3c3ccccc3)CC2)cc1. The van der Waals surface area contributed by atoms with Gasteiger partial charge >= 0.3 is 0 Å². The van der Waals surface area contributed by atoms with Crippen molar-refractivity contribution in [2.75, 3.05) is 18.8 Å². The third-order valence-corrected chi connectivity index (χ3v) is 8.22. The zero-order chi connectivity index (χ0) is 23.3. The minimum Gasteiger partial charge on any atom is -0.299 e. The largest absolute Gasteiger partial charge is 0.299 e. The van der Waals surface area contributed by atoms with Crippen LogP contribution in [0.2, 0.25) is 0 Å². The van der Waals surface area contributed by atoms with Gasteiger partial charge in [0.25, 0.3) is 5.91 Å². The Hall–Kier alpha value is -2.44. The fourth-order valence-corrected chi connectivity index (χ4v) is 5.37. The van der Waals surface area contributed by atoms with Crippen LogP contribution in [0.15, 0.2) is 60.7 Å². The molecule has 2 fully saturated rings. The molecule has 2 atom stereocenters. The average Bonchev–Trinajstić information content (AvgIpc) is 3.59. The number of likely N-dealkylation sites (tertiary alicyclic amines) is 1. The standard InChI is InChI=1S/C27H34N2O3S/c1-2-33(31,32)28-27(30)13-12-21-8-10-23(11-9-21)20-29-16-14-22(15-17-29)18-25-19-26(25)24-6-4-3-5-7-24/h3-13,22,25-26H,2,14-20H2,1H3,(H,28,30)/b13-12+/t25-,26?/m1/s1. The summed E-state index contributed by atoms with van der Waals surface area (Å²) in [5, 5.41) is 0. The van der Waals surface area contributed by atoms with Crippen molar-refractivity contribution in [2.24, 2.45) is 11.8 Å². The third-order valence-electron chi connectivity index (χ3n) is 6.94. The van der Waals surface area contributed by atoms with Crippen LogP contribution in [0, 0.1) is 11.8 Å². The molecule has 2 aromatic rings. The number of nitrogens with zero attached hydrogens (tertiary/aromatic N) is 1. The van der Waals surface area contributed by atoms with Crippen LogP contribution in [-0.4, -0.2) is 38.1 Å². The van der Waals surface area contributed by atoms with E-state index in [9.17, 15) is 13.2 Å². The summed E-state index contributed by atoms with van der Waals surface area (Å²) in [5.41, 5.74) is 3.65. The van der Waals surface area contributed by atoms with Crippen molar-refractivity contribution < 1.29 is 13.2 Å². The van der Waals surface area contributed by atoms with Gasteiger partial charge in [0.1, 0.15) is 0 Å². The number of amides is 1. The van der Waals surface area contributed by atoms with E-state index in [-0.39, 0.29) is 5.75 Å². The lowest BCUT2D eigenvalue weighted by atomic mass is 9.90. The Morgan fingerprint density at radius 1 is 1.06 bits per heavy atom. The minimum absolute atomic E-state index is 0.118. The molecule has 0 spiro atoms. The number of rotatable bonds is 9. The van der Waals surface area contributed by atoms with Crippen molar-refractivity contribution in [2.45, 2.75) is 45.1 Å². The zero-order valence-electron chi connectivity index (χ0n) is 19.3. The van der Waals surface area contributed by atoms with Crippen molar-refractivity contribution in [3.63, 3.8) is 0 Å². The number of nitrogens with one attached hydrogen (secondary N) is 1. The highest BCUT2D eigenvalue weighted by atomic mass is 32.2. The number of piperidine rings is 1. The second-order valence-corrected chi connectivity index (χ2v) is 11.4. The summed E-state index contributed by atoms with van der Waals surface area (Å²) >= 11 is 0. The van der Waals surface area contributed by atoms with E-state index in [0.717, 1.165) is 43.0 Å². The van der Waals surface area contributed by atoms with E-state index < -0.39 is 15.9 Å². The predicted octanol–water partition coefficient (Wildman–Crippen LogP) is 4.57. The smallest absolute Gasteiger partial charge is 0.257 e. The fraction of sp³-hybridized carbons (Fsp3) is 0.444. The molecule has 33 heavy (non-hydrogen) atoms. The first-order valence-electron chi connectivity index (χ1n) is 12.0. The van der Waals surface area contributed by atoms with Crippen molar-refractivity contribution in [1.29, 1.82) is 0 Å². The molecule has 1 saturated carbocycles. The average molecular weight is 467 g/mol. The number of hydrogen-bond donors (Lipinski definition) is 1. The molecule has 5 nitrogen and oxygen atoms in total. The molecule has 176 valence electrons. The lowest BCUT2D eigenvalue weighted by Gasteiger charge is -2.32. The summed E-state index contributed by atoms with van der Waals surface area (Å²) < 4.78 is 24.9. The second-order valence-electron chi connectivity index (χ2n) is 9.41. The number of hydrogen-bond acceptors (Lipinski definition) is 4. The monoisotopic (exact) mass is 466 g/mol. The van der Waals surface area contributed by atoms with Gasteiger partial charge in [-0.25, -0.2) is 13.1 Å². The maximum Gasteiger partial charge on any atom is 0.257 e. The molecule has 0 bridgehead atoms. The van der Waals surface area contributed by atoms with E-state index in [1.165, 1.54) is 49.8 Å². The molecule has 1 heterocycles. The lowest BCUT2D eigenvalue weighted by Crippen LogP contribution is -2.33. The summed E-state index contributed by atoms with van der Waals surface area (Å²) in [5.74, 6) is 1.79. The number of carbonyl (C=O) groups excluding carboxylic acids is 1. The van der Waals surface area contributed by atoms with Gasteiger partial charge in [-0.2, -0.15) is 0 Å². The van der Waals surface area contributed by atoms with Crippen LogP contribution in [0.4, 0.5) is 0 Å². The molecule has 1 saturated heterocycles. The van der Waals surface area contributed by atoms with Gasteiger partial charge in [-0.1, -0.05) is 54.6 Å². The Balaban J connectivity index is 1.18. The second kappa shape index (κ2) is 10.7. The molecule has 0 radical (unpaired) electrons. The maximum absolute atomic E-state index is 11.7. The Morgan fingerprint density at radius 3 is 2.42 bits per heavy atom. The number of benzene rings is 2. The van der Waals surface area contributed by atoms with Crippen molar-refractivity contribution in [1.82, 2.24) is 9.62 Å². The zero-order valence-corrected chi connectivity index (χ0v) is 20.1. The topological polar surface area (TPSA) is 66.5 Å². The minimum atomic E-state index is -3.53. The van der Waals surface area contributed by atoms with Gasteiger partial charge in [-0.05, 0) is 86.2 Å². The van der Waals surface area contributed by atoms with Crippen molar-refractivity contribution in [3.8, 4) is 0 Å². The van der Waals surface area contributed by atoms with Gasteiger partial charge in [0, 0.05) is 12.6 Å². The summed E-state index contributed by atoms with van der Waals surface area (Å²) in [6.45, 7) is 4.75. The first-order valence-corrected chi connectivity index (χ1v) is 13.7. The molecule has 0 aromatic heterocycles. The summed E-state index contributed by atoms with van der Waals surface area (Å²) in [4.78, 5) is 14.3. The molecular weight excluding hydrogens is 432 g/mol. The lowest BCUT2D eigenvalue weighted by molar-refractivity contribution is -0.114. The molecule has 6 heteroatoms. The third kappa shape index (κ3) is 7.02. The molecule has 1 aliphatic carbocycles. The molecule has 2 aliphatic rings. The quantitative estimate of drug-likeness (QED) is 0.550. The van der Waals surface area contributed by atoms with Crippen LogP contribution < -0.4 is 4.72 Å². The van der Waals surface area contributed by atoms with Gasteiger partial charge < -0.3 is 0 Å². The first kappa shape index (κ1) is 23.7. The van der Waals surface area contributed by atoms with Crippen LogP contribution in [0.5, 0.6) is 0 Å². The highest BCUT2D eigenvalue weighted by Gasteiger charge is 2.39. The molecule has 1 N–H and O–H groups in total. The van der Waals surface area contributed by atoms with Gasteiger partial charge in [0.05, 0.1) is 5.75 Å². The first-order chi connectivity index (χ1) is 15.9. The Kier molecular flexibility index (Phi) is 7.66. The van der Waals surface area contributed by atoms with Gasteiger partial charge in [-0.3, -0.25) is 9.69 Å². The molecule has 1 unspecified atom stereocenters. The van der Waals surface area contributed by atoms with E-state index in [4.69, 9.17) is 0 Å². The molecule has 1 amide bonds. The van der Waals surface area contributed by atoms with Crippen molar-refractivity contribution in [3.05, 3.63) is 77.4 Å². The van der Waals surface area contributed by atoms with E-state index in [1.54, 1.807) is 6.08 Å². The fourth-order valence-electron chi connectivity index (χ4n) is 4.85. The predicted molar refractivity (Wildman–Crippen MR) is 133 cm³/mol. The van der Waals surface area contributed by atoms with Crippen LogP contribution in [0.1, 0.15) is 55.2 Å². The number of carbonyl (C=O) groups is 1. The Labute approximate surface area is 197 Å². The molecule has 2 aromatic carbocycles. The summed E-state index contributed by atoms with van der Waals surface area (Å²) in [6, 6.07) is 19.1. The van der Waals surface area contributed by atoms with Crippen LogP contribution in [0.25, 0.3) is 6.08 Å². The molecule has 1 aliphatic heterocycles. The van der Waals surface area contributed by atoms with Crippen LogP contribution in [0.3, 0.4) is 0 Å². The summed E-state index contributed by atoms with van der Waals surface area (Å²) in [7, 11) is -3.53. The highest BCUT2D eigenvalue weighted by molar-refractivity contribution is 7.90. The van der Waals surface area contributed by atoms with Gasteiger partial charge in [0.15, 0.2) is 0 Å². The van der Waals surface area contributed by atoms with E-state index in [0.29, 0.717) is 0 Å². The highest BCUT2D eigenvalue weighted by Crippen LogP contribution is 2.51. The Morgan fingerprint density at radius 2 is 1.76 bits per heavy atom. The Bertz CT molecular complexity index is 1060.